The predicted molar refractivity (Wildman–Crippen MR) is 94.0 cm³/mol. The summed E-state index contributed by atoms with van der Waals surface area (Å²) in [7, 11) is 0. The Morgan fingerprint density at radius 2 is 2.08 bits per heavy atom. The van der Waals surface area contributed by atoms with Crippen molar-refractivity contribution >= 4 is 11.7 Å². The highest BCUT2D eigenvalue weighted by molar-refractivity contribution is 6.00. The van der Waals surface area contributed by atoms with Crippen LogP contribution in [0, 0.1) is 18.7 Å². The summed E-state index contributed by atoms with van der Waals surface area (Å²) < 4.78 is 15.3. The quantitative estimate of drug-likeness (QED) is 0.910. The molecule has 0 saturated carbocycles. The van der Waals surface area contributed by atoms with Gasteiger partial charge in [-0.1, -0.05) is 19.1 Å². The Morgan fingerprint density at radius 1 is 1.32 bits per heavy atom. The number of rotatable bonds is 2. The van der Waals surface area contributed by atoms with Crippen molar-refractivity contribution in [2.24, 2.45) is 5.92 Å². The van der Waals surface area contributed by atoms with E-state index in [1.807, 2.05) is 22.6 Å². The Balaban J connectivity index is 1.58. The molecule has 5 nitrogen and oxygen atoms in total. The standard InChI is InChI=1S/C19H23FN4O/c1-12-6-8-23(9-7-12)19(25)17-13(2)22-24-11-16(21-18(17)24)14-4-3-5-15(20)10-14/h3-5,10,12,16,21H,6-9,11H2,1-2H3/t16-/m0/s1. The van der Waals surface area contributed by atoms with Gasteiger partial charge >= 0.3 is 0 Å². The number of hydrogen-bond acceptors (Lipinski definition) is 3. The van der Waals surface area contributed by atoms with E-state index in [1.165, 1.54) is 12.1 Å². The molecule has 1 aromatic heterocycles. The summed E-state index contributed by atoms with van der Waals surface area (Å²) >= 11 is 0. The molecule has 4 rings (SSSR count). The van der Waals surface area contributed by atoms with Crippen molar-refractivity contribution < 1.29 is 9.18 Å². The molecule has 132 valence electrons. The van der Waals surface area contributed by atoms with Crippen LogP contribution >= 0.6 is 0 Å². The third-order valence-electron chi connectivity index (χ3n) is 5.33. The Kier molecular flexibility index (Phi) is 3.98. The minimum Gasteiger partial charge on any atom is -0.361 e. The van der Waals surface area contributed by atoms with Gasteiger partial charge in [0.1, 0.15) is 17.2 Å². The third kappa shape index (κ3) is 2.90. The van der Waals surface area contributed by atoms with E-state index < -0.39 is 0 Å². The molecule has 2 aliphatic rings. The van der Waals surface area contributed by atoms with Gasteiger partial charge in [-0.2, -0.15) is 5.10 Å². The topological polar surface area (TPSA) is 50.2 Å². The Bertz CT molecular complexity index is 808. The molecular formula is C19H23FN4O. The molecule has 0 aliphatic carbocycles. The SMILES string of the molecule is Cc1nn2c(c1C(=O)N1CCC(C)CC1)N[C@H](c1cccc(F)c1)C2. The zero-order valence-corrected chi connectivity index (χ0v) is 14.6. The van der Waals surface area contributed by atoms with Gasteiger partial charge in [0.05, 0.1) is 18.3 Å². The smallest absolute Gasteiger partial charge is 0.259 e. The number of aromatic nitrogens is 2. The highest BCUT2D eigenvalue weighted by Gasteiger charge is 2.33. The van der Waals surface area contributed by atoms with E-state index in [9.17, 15) is 9.18 Å². The van der Waals surface area contributed by atoms with E-state index in [0.29, 0.717) is 18.0 Å². The van der Waals surface area contributed by atoms with Gasteiger partial charge < -0.3 is 10.2 Å². The first-order valence-electron chi connectivity index (χ1n) is 8.91. The number of benzene rings is 1. The molecule has 2 aliphatic heterocycles. The average Bonchev–Trinajstić information content (AvgIpc) is 3.11. The molecule has 0 spiro atoms. The first kappa shape index (κ1) is 16.1. The van der Waals surface area contributed by atoms with Crippen LogP contribution in [0.3, 0.4) is 0 Å². The van der Waals surface area contributed by atoms with E-state index in [-0.39, 0.29) is 17.8 Å². The number of anilines is 1. The van der Waals surface area contributed by atoms with Crippen LogP contribution in [0.5, 0.6) is 0 Å². The number of carbonyl (C=O) groups is 1. The van der Waals surface area contributed by atoms with E-state index in [2.05, 4.69) is 17.3 Å². The van der Waals surface area contributed by atoms with E-state index in [4.69, 9.17) is 0 Å². The summed E-state index contributed by atoms with van der Waals surface area (Å²) in [5.41, 5.74) is 2.28. The van der Waals surface area contributed by atoms with Gasteiger partial charge in [-0.3, -0.25) is 4.79 Å². The van der Waals surface area contributed by atoms with Crippen LogP contribution in [0.25, 0.3) is 0 Å². The van der Waals surface area contributed by atoms with Gasteiger partial charge in [0.25, 0.3) is 5.91 Å². The fraction of sp³-hybridized carbons (Fsp3) is 0.474. The lowest BCUT2D eigenvalue weighted by molar-refractivity contribution is 0.0697. The van der Waals surface area contributed by atoms with Gasteiger partial charge in [-0.15, -0.1) is 0 Å². The molecule has 1 atom stereocenters. The van der Waals surface area contributed by atoms with Crippen LogP contribution in [0.2, 0.25) is 0 Å². The molecule has 0 radical (unpaired) electrons. The summed E-state index contributed by atoms with van der Waals surface area (Å²) in [6.45, 7) is 6.32. The van der Waals surface area contributed by atoms with Crippen molar-refractivity contribution in [1.29, 1.82) is 0 Å². The van der Waals surface area contributed by atoms with Gasteiger partial charge in [0.15, 0.2) is 0 Å². The summed E-state index contributed by atoms with van der Waals surface area (Å²) in [5.74, 6) is 1.24. The number of piperidine rings is 1. The number of aryl methyl sites for hydroxylation is 1. The van der Waals surface area contributed by atoms with Gasteiger partial charge in [-0.05, 0) is 43.4 Å². The average molecular weight is 342 g/mol. The van der Waals surface area contributed by atoms with Crippen LogP contribution in [-0.4, -0.2) is 33.7 Å². The number of carbonyl (C=O) groups excluding carboxylic acids is 1. The van der Waals surface area contributed by atoms with Gasteiger partial charge in [0.2, 0.25) is 0 Å². The molecule has 1 aromatic carbocycles. The summed E-state index contributed by atoms with van der Waals surface area (Å²) in [4.78, 5) is 15.0. The lowest BCUT2D eigenvalue weighted by Gasteiger charge is -2.30. The fourth-order valence-corrected chi connectivity index (χ4v) is 3.78. The lowest BCUT2D eigenvalue weighted by Crippen LogP contribution is -2.38. The summed E-state index contributed by atoms with van der Waals surface area (Å²) in [6.07, 6.45) is 2.10. The summed E-state index contributed by atoms with van der Waals surface area (Å²) in [6, 6.07) is 6.51. The number of likely N-dealkylation sites (tertiary alicyclic amines) is 1. The Morgan fingerprint density at radius 3 is 2.80 bits per heavy atom. The second-order valence-corrected chi connectivity index (χ2v) is 7.22. The number of amides is 1. The van der Waals surface area contributed by atoms with Crippen molar-refractivity contribution in [2.75, 3.05) is 18.4 Å². The zero-order chi connectivity index (χ0) is 17.6. The zero-order valence-electron chi connectivity index (χ0n) is 14.6. The molecule has 3 heterocycles. The highest BCUT2D eigenvalue weighted by Crippen LogP contribution is 2.34. The number of nitrogens with zero attached hydrogens (tertiary/aromatic N) is 3. The van der Waals surface area contributed by atoms with Gasteiger partial charge in [-0.25, -0.2) is 9.07 Å². The maximum absolute atomic E-state index is 13.5. The third-order valence-corrected chi connectivity index (χ3v) is 5.33. The van der Waals surface area contributed by atoms with Crippen molar-refractivity contribution in [3.63, 3.8) is 0 Å². The molecule has 2 aromatic rings. The van der Waals surface area contributed by atoms with E-state index >= 15 is 0 Å². The summed E-state index contributed by atoms with van der Waals surface area (Å²) in [5, 5.41) is 7.92. The minimum absolute atomic E-state index is 0.0537. The second kappa shape index (κ2) is 6.17. The van der Waals surface area contributed by atoms with Crippen LogP contribution in [-0.2, 0) is 6.54 Å². The maximum atomic E-state index is 13.5. The van der Waals surface area contributed by atoms with E-state index in [0.717, 1.165) is 43.0 Å². The molecule has 1 N–H and O–H groups in total. The molecule has 25 heavy (non-hydrogen) atoms. The predicted octanol–water partition coefficient (Wildman–Crippen LogP) is 3.37. The number of nitrogens with one attached hydrogen (secondary N) is 1. The number of fused-ring (bicyclic) bond motifs is 1. The first-order chi connectivity index (χ1) is 12.0. The Labute approximate surface area is 146 Å². The lowest BCUT2D eigenvalue weighted by atomic mass is 9.98. The number of hydrogen-bond donors (Lipinski definition) is 1. The van der Waals surface area contributed by atoms with Crippen LogP contribution in [0.15, 0.2) is 24.3 Å². The van der Waals surface area contributed by atoms with Crippen LogP contribution in [0.1, 0.15) is 47.4 Å². The first-order valence-corrected chi connectivity index (χ1v) is 8.91. The van der Waals surface area contributed by atoms with Crippen molar-refractivity contribution in [3.8, 4) is 0 Å². The maximum Gasteiger partial charge on any atom is 0.259 e. The monoisotopic (exact) mass is 342 g/mol. The highest BCUT2D eigenvalue weighted by atomic mass is 19.1. The fourth-order valence-electron chi connectivity index (χ4n) is 3.78. The van der Waals surface area contributed by atoms with Crippen molar-refractivity contribution in [1.82, 2.24) is 14.7 Å². The molecule has 1 saturated heterocycles. The largest absolute Gasteiger partial charge is 0.361 e. The van der Waals surface area contributed by atoms with Crippen molar-refractivity contribution in [2.45, 2.75) is 39.3 Å². The van der Waals surface area contributed by atoms with Crippen molar-refractivity contribution in [3.05, 3.63) is 46.9 Å². The van der Waals surface area contributed by atoms with E-state index in [1.54, 1.807) is 6.07 Å². The molecular weight excluding hydrogens is 319 g/mol. The number of halogens is 1. The minimum atomic E-state index is -0.251. The molecule has 0 unspecified atom stereocenters. The normalized spacial score (nSPS) is 20.4. The molecule has 6 heteroatoms. The second-order valence-electron chi connectivity index (χ2n) is 7.22. The van der Waals surface area contributed by atoms with Gasteiger partial charge in [0, 0.05) is 13.1 Å². The van der Waals surface area contributed by atoms with Crippen LogP contribution in [0.4, 0.5) is 10.2 Å². The van der Waals surface area contributed by atoms with Crippen LogP contribution < -0.4 is 5.32 Å². The Hall–Kier alpha value is -2.37. The molecule has 1 fully saturated rings. The molecule has 0 bridgehead atoms. The molecule has 1 amide bonds.